The second-order valence-corrected chi connectivity index (χ2v) is 8.52. The van der Waals surface area contributed by atoms with Gasteiger partial charge in [-0.15, -0.1) is 0 Å². The molecule has 31 heavy (non-hydrogen) atoms. The molecule has 7 heteroatoms. The Bertz CT molecular complexity index is 1090. The van der Waals surface area contributed by atoms with Crippen molar-refractivity contribution in [3.8, 4) is 5.75 Å². The number of carboxylic acid groups (broad SMARTS) is 1. The first-order chi connectivity index (χ1) is 14.7. The van der Waals surface area contributed by atoms with Crippen molar-refractivity contribution in [1.29, 1.82) is 0 Å². The molecule has 1 aliphatic heterocycles. The van der Waals surface area contributed by atoms with Crippen molar-refractivity contribution in [2.45, 2.75) is 33.6 Å². The van der Waals surface area contributed by atoms with Gasteiger partial charge in [-0.3, -0.25) is 9.69 Å². The normalized spacial score (nSPS) is 16.6. The van der Waals surface area contributed by atoms with Crippen LogP contribution in [-0.4, -0.2) is 40.7 Å². The fraction of sp³-hybridized carbons (Fsp3) is 0.292. The third-order valence-electron chi connectivity index (χ3n) is 5.05. The summed E-state index contributed by atoms with van der Waals surface area (Å²) in [5, 5.41) is 9.74. The molecule has 1 saturated heterocycles. The minimum atomic E-state index is -1.01. The lowest BCUT2D eigenvalue weighted by Crippen LogP contribution is -2.28. The Kier molecular flexibility index (Phi) is 6.85. The number of rotatable bonds is 6. The van der Waals surface area contributed by atoms with E-state index >= 15 is 0 Å². The molecule has 1 heterocycles. The highest BCUT2D eigenvalue weighted by Crippen LogP contribution is 2.36. The van der Waals surface area contributed by atoms with Crippen LogP contribution in [0.1, 0.15) is 53.7 Å². The number of thioether (sulfide) groups is 1. The van der Waals surface area contributed by atoms with Gasteiger partial charge in [0.1, 0.15) is 5.75 Å². The van der Waals surface area contributed by atoms with Crippen molar-refractivity contribution in [2.24, 2.45) is 4.99 Å². The van der Waals surface area contributed by atoms with Crippen molar-refractivity contribution in [2.75, 3.05) is 13.7 Å². The van der Waals surface area contributed by atoms with Crippen LogP contribution < -0.4 is 4.74 Å². The van der Waals surface area contributed by atoms with E-state index in [1.807, 2.05) is 26.0 Å². The van der Waals surface area contributed by atoms with E-state index in [9.17, 15) is 14.7 Å². The van der Waals surface area contributed by atoms with Crippen molar-refractivity contribution in [1.82, 2.24) is 4.90 Å². The van der Waals surface area contributed by atoms with Crippen molar-refractivity contribution < 1.29 is 19.4 Å². The quantitative estimate of drug-likeness (QED) is 0.607. The summed E-state index contributed by atoms with van der Waals surface area (Å²) in [6.45, 7) is 8.56. The van der Waals surface area contributed by atoms with Gasteiger partial charge in [0, 0.05) is 6.54 Å². The van der Waals surface area contributed by atoms with Crippen molar-refractivity contribution in [3.05, 3.63) is 63.6 Å². The molecular formula is C24H26N2O4S. The number of benzene rings is 2. The number of aryl methyl sites for hydroxylation is 1. The fourth-order valence-electron chi connectivity index (χ4n) is 3.33. The maximum absolute atomic E-state index is 13.0. The van der Waals surface area contributed by atoms with E-state index in [0.717, 1.165) is 22.4 Å². The molecule has 162 valence electrons. The van der Waals surface area contributed by atoms with Gasteiger partial charge in [0.15, 0.2) is 5.17 Å². The number of aromatic carboxylic acids is 1. The van der Waals surface area contributed by atoms with E-state index in [-0.39, 0.29) is 17.4 Å². The summed E-state index contributed by atoms with van der Waals surface area (Å²) in [5.41, 5.74) is 3.72. The molecular weight excluding hydrogens is 412 g/mol. The molecule has 0 saturated carbocycles. The average molecular weight is 439 g/mol. The number of carbonyl (C=O) groups is 2. The molecule has 1 N–H and O–H groups in total. The van der Waals surface area contributed by atoms with Gasteiger partial charge in [-0.1, -0.05) is 19.9 Å². The second-order valence-electron chi connectivity index (χ2n) is 7.52. The van der Waals surface area contributed by atoms with E-state index in [0.29, 0.717) is 22.3 Å². The third kappa shape index (κ3) is 4.82. The minimum Gasteiger partial charge on any atom is -0.496 e. The molecule has 2 aromatic carbocycles. The van der Waals surface area contributed by atoms with Crippen LogP contribution in [0.5, 0.6) is 5.75 Å². The molecule has 0 spiro atoms. The number of ether oxygens (including phenoxy) is 1. The Labute approximate surface area is 186 Å². The summed E-state index contributed by atoms with van der Waals surface area (Å²) < 4.78 is 5.52. The Balaban J connectivity index is 2.00. The van der Waals surface area contributed by atoms with Crippen LogP contribution in [0.25, 0.3) is 6.08 Å². The van der Waals surface area contributed by atoms with Gasteiger partial charge >= 0.3 is 5.97 Å². The predicted octanol–water partition coefficient (Wildman–Crippen LogP) is 5.45. The Morgan fingerprint density at radius 1 is 1.29 bits per heavy atom. The van der Waals surface area contributed by atoms with Crippen LogP contribution in [0.3, 0.4) is 0 Å². The summed E-state index contributed by atoms with van der Waals surface area (Å²) in [7, 11) is 1.66. The number of nitrogens with zero attached hydrogens (tertiary/aromatic N) is 2. The lowest BCUT2D eigenvalue weighted by molar-refractivity contribution is -0.122. The lowest BCUT2D eigenvalue weighted by atomic mass is 9.96. The van der Waals surface area contributed by atoms with Crippen LogP contribution >= 0.6 is 11.8 Å². The number of amidine groups is 1. The number of amides is 1. The topological polar surface area (TPSA) is 79.2 Å². The second kappa shape index (κ2) is 9.39. The molecule has 0 bridgehead atoms. The van der Waals surface area contributed by atoms with E-state index in [1.54, 1.807) is 24.1 Å². The zero-order valence-corrected chi connectivity index (χ0v) is 19.1. The fourth-order valence-corrected chi connectivity index (χ4v) is 4.38. The van der Waals surface area contributed by atoms with E-state index in [4.69, 9.17) is 4.74 Å². The number of hydrogen-bond donors (Lipinski definition) is 1. The minimum absolute atomic E-state index is 0.109. The highest BCUT2D eigenvalue weighted by molar-refractivity contribution is 8.18. The van der Waals surface area contributed by atoms with Gasteiger partial charge in [0.05, 0.1) is 23.3 Å². The van der Waals surface area contributed by atoms with Gasteiger partial charge in [-0.2, -0.15) is 0 Å². The third-order valence-corrected chi connectivity index (χ3v) is 6.06. The standard InChI is InChI=1S/C24H26N2O4S/c1-6-26-22(27)21(13-17-12-19(14(2)3)20(30-5)10-15(17)4)31-24(26)25-18-9-7-8-16(11-18)23(28)29/h7-14H,6H2,1-5H3,(H,28,29). The Morgan fingerprint density at radius 3 is 2.65 bits per heavy atom. The first-order valence-corrected chi connectivity index (χ1v) is 10.9. The smallest absolute Gasteiger partial charge is 0.335 e. The molecule has 2 aromatic rings. The van der Waals surface area contributed by atoms with Crippen molar-refractivity contribution >= 4 is 40.6 Å². The van der Waals surface area contributed by atoms with Crippen LogP contribution in [0.2, 0.25) is 0 Å². The average Bonchev–Trinajstić information content (AvgIpc) is 3.02. The molecule has 0 unspecified atom stereocenters. The number of hydrogen-bond acceptors (Lipinski definition) is 5. The van der Waals surface area contributed by atoms with Crippen LogP contribution in [0.15, 0.2) is 46.3 Å². The van der Waals surface area contributed by atoms with E-state index < -0.39 is 5.97 Å². The van der Waals surface area contributed by atoms with Crippen LogP contribution in [-0.2, 0) is 4.79 Å². The van der Waals surface area contributed by atoms with Gasteiger partial charge in [0.25, 0.3) is 5.91 Å². The number of carbonyl (C=O) groups excluding carboxylic acids is 1. The maximum atomic E-state index is 13.0. The summed E-state index contributed by atoms with van der Waals surface area (Å²) in [6.07, 6.45) is 1.90. The van der Waals surface area contributed by atoms with E-state index in [1.165, 1.54) is 23.9 Å². The molecule has 1 amide bonds. The van der Waals surface area contributed by atoms with E-state index in [2.05, 4.69) is 24.9 Å². The Hall–Kier alpha value is -3.06. The summed E-state index contributed by atoms with van der Waals surface area (Å²) >= 11 is 1.30. The van der Waals surface area contributed by atoms with Crippen LogP contribution in [0, 0.1) is 6.92 Å². The number of likely N-dealkylation sites (N-methyl/N-ethyl adjacent to an activating group) is 1. The molecule has 3 rings (SSSR count). The summed E-state index contributed by atoms with van der Waals surface area (Å²) in [6, 6.07) is 10.4. The van der Waals surface area contributed by atoms with Crippen molar-refractivity contribution in [3.63, 3.8) is 0 Å². The monoisotopic (exact) mass is 438 g/mol. The first kappa shape index (κ1) is 22.6. The maximum Gasteiger partial charge on any atom is 0.335 e. The molecule has 0 aromatic heterocycles. The number of carboxylic acids is 1. The first-order valence-electron chi connectivity index (χ1n) is 10.1. The molecule has 0 radical (unpaired) electrons. The zero-order valence-electron chi connectivity index (χ0n) is 18.3. The zero-order chi connectivity index (χ0) is 22.7. The number of methoxy groups -OCH3 is 1. The molecule has 6 nitrogen and oxygen atoms in total. The van der Waals surface area contributed by atoms with Gasteiger partial charge < -0.3 is 9.84 Å². The molecule has 1 aliphatic rings. The highest BCUT2D eigenvalue weighted by Gasteiger charge is 2.32. The van der Waals surface area contributed by atoms with Gasteiger partial charge in [-0.25, -0.2) is 9.79 Å². The highest BCUT2D eigenvalue weighted by atomic mass is 32.2. The Morgan fingerprint density at radius 2 is 2.03 bits per heavy atom. The lowest BCUT2D eigenvalue weighted by Gasteiger charge is -2.15. The molecule has 0 atom stereocenters. The summed E-state index contributed by atoms with van der Waals surface area (Å²) in [4.78, 5) is 31.0. The van der Waals surface area contributed by atoms with Gasteiger partial charge in [-0.05, 0) is 84.6 Å². The summed E-state index contributed by atoms with van der Waals surface area (Å²) in [5.74, 6) is 0.00392. The SMILES string of the molecule is CCN1C(=O)C(=Cc2cc(C(C)C)c(OC)cc2C)SC1=Nc1cccc(C(=O)O)c1. The largest absolute Gasteiger partial charge is 0.496 e. The molecule has 0 aliphatic carbocycles. The molecule has 1 fully saturated rings. The van der Waals surface area contributed by atoms with Crippen LogP contribution in [0.4, 0.5) is 5.69 Å². The number of aliphatic imine (C=N–C) groups is 1. The van der Waals surface area contributed by atoms with Gasteiger partial charge in [0.2, 0.25) is 0 Å². The predicted molar refractivity (Wildman–Crippen MR) is 125 cm³/mol.